The third-order valence-electron chi connectivity index (χ3n) is 2.59. The minimum atomic E-state index is 0.296. The predicted molar refractivity (Wildman–Crippen MR) is 64.7 cm³/mol. The van der Waals surface area contributed by atoms with Crippen molar-refractivity contribution in [3.05, 3.63) is 11.9 Å². The monoisotopic (exact) mass is 223 g/mol. The van der Waals surface area contributed by atoms with E-state index < -0.39 is 0 Å². The van der Waals surface area contributed by atoms with Gasteiger partial charge in [0.15, 0.2) is 0 Å². The van der Waals surface area contributed by atoms with Crippen molar-refractivity contribution in [1.29, 1.82) is 0 Å². The van der Waals surface area contributed by atoms with E-state index in [9.17, 15) is 0 Å². The standard InChI is InChI=1S/C12H21N3O/c1-9(2)16-7-6-15-8-10(3)13-12(15)14-11-4-5-11/h8-9,11H,4-7H2,1-3H3,(H,13,14). The Balaban J connectivity index is 1.90. The molecule has 0 spiro atoms. The second kappa shape index (κ2) is 4.87. The molecule has 4 heteroatoms. The van der Waals surface area contributed by atoms with Crippen LogP contribution < -0.4 is 5.32 Å². The molecule has 1 fully saturated rings. The van der Waals surface area contributed by atoms with Gasteiger partial charge in [-0.3, -0.25) is 0 Å². The van der Waals surface area contributed by atoms with Gasteiger partial charge in [0, 0.05) is 18.8 Å². The zero-order valence-corrected chi connectivity index (χ0v) is 10.4. The first-order valence-corrected chi connectivity index (χ1v) is 6.07. The Morgan fingerprint density at radius 2 is 2.31 bits per heavy atom. The third kappa shape index (κ3) is 3.23. The van der Waals surface area contributed by atoms with Gasteiger partial charge in [-0.05, 0) is 33.6 Å². The minimum Gasteiger partial charge on any atom is -0.377 e. The quantitative estimate of drug-likeness (QED) is 0.803. The van der Waals surface area contributed by atoms with E-state index in [0.717, 1.165) is 24.8 Å². The van der Waals surface area contributed by atoms with Gasteiger partial charge in [-0.15, -0.1) is 0 Å². The molecule has 1 saturated carbocycles. The molecule has 1 N–H and O–H groups in total. The highest BCUT2D eigenvalue weighted by Gasteiger charge is 2.22. The van der Waals surface area contributed by atoms with Crippen LogP contribution >= 0.6 is 0 Å². The molecule has 1 heterocycles. The molecule has 0 unspecified atom stereocenters. The Morgan fingerprint density at radius 1 is 1.56 bits per heavy atom. The maximum atomic E-state index is 5.55. The van der Waals surface area contributed by atoms with Crippen molar-refractivity contribution < 1.29 is 4.74 Å². The molecule has 0 aliphatic heterocycles. The Morgan fingerprint density at radius 3 is 2.94 bits per heavy atom. The number of aromatic nitrogens is 2. The van der Waals surface area contributed by atoms with Crippen molar-refractivity contribution in [3.63, 3.8) is 0 Å². The van der Waals surface area contributed by atoms with Crippen LogP contribution in [0.1, 0.15) is 32.4 Å². The molecule has 1 aromatic rings. The lowest BCUT2D eigenvalue weighted by Gasteiger charge is -2.11. The summed E-state index contributed by atoms with van der Waals surface area (Å²) >= 11 is 0. The van der Waals surface area contributed by atoms with Gasteiger partial charge in [0.2, 0.25) is 5.95 Å². The van der Waals surface area contributed by atoms with Gasteiger partial charge >= 0.3 is 0 Å². The van der Waals surface area contributed by atoms with Gasteiger partial charge in [0.1, 0.15) is 0 Å². The lowest BCUT2D eigenvalue weighted by atomic mass is 10.5. The summed E-state index contributed by atoms with van der Waals surface area (Å²) in [4.78, 5) is 4.48. The Labute approximate surface area is 97.0 Å². The molecule has 1 aliphatic carbocycles. The SMILES string of the molecule is Cc1cn(CCOC(C)C)c(NC2CC2)n1. The molecule has 0 aromatic carbocycles. The zero-order valence-electron chi connectivity index (χ0n) is 10.4. The van der Waals surface area contributed by atoms with Crippen LogP contribution in [0.25, 0.3) is 0 Å². The topological polar surface area (TPSA) is 39.1 Å². The van der Waals surface area contributed by atoms with Gasteiger partial charge in [-0.25, -0.2) is 4.98 Å². The molecule has 1 aliphatic rings. The summed E-state index contributed by atoms with van der Waals surface area (Å²) in [6.45, 7) is 7.75. The fourth-order valence-corrected chi connectivity index (χ4v) is 1.63. The highest BCUT2D eigenvalue weighted by molar-refractivity contribution is 5.32. The molecule has 90 valence electrons. The normalized spacial score (nSPS) is 15.8. The minimum absolute atomic E-state index is 0.296. The van der Waals surface area contributed by atoms with Gasteiger partial charge in [0.05, 0.1) is 18.4 Å². The van der Waals surface area contributed by atoms with Crippen LogP contribution in [0.3, 0.4) is 0 Å². The average Bonchev–Trinajstić information content (AvgIpc) is 2.92. The molecule has 16 heavy (non-hydrogen) atoms. The van der Waals surface area contributed by atoms with E-state index in [1.165, 1.54) is 12.8 Å². The van der Waals surface area contributed by atoms with E-state index in [0.29, 0.717) is 12.1 Å². The van der Waals surface area contributed by atoms with E-state index >= 15 is 0 Å². The second-order valence-corrected chi connectivity index (χ2v) is 4.74. The van der Waals surface area contributed by atoms with Gasteiger partial charge < -0.3 is 14.6 Å². The summed E-state index contributed by atoms with van der Waals surface area (Å²) in [5.74, 6) is 0.993. The molecule has 0 atom stereocenters. The van der Waals surface area contributed by atoms with Crippen LogP contribution in [0.15, 0.2) is 6.20 Å². The van der Waals surface area contributed by atoms with Crippen LogP contribution in [0.5, 0.6) is 0 Å². The number of imidazole rings is 1. The number of hydrogen-bond donors (Lipinski definition) is 1. The molecule has 4 nitrogen and oxygen atoms in total. The fourth-order valence-electron chi connectivity index (χ4n) is 1.63. The van der Waals surface area contributed by atoms with Crippen LogP contribution in [-0.2, 0) is 11.3 Å². The van der Waals surface area contributed by atoms with E-state index in [2.05, 4.69) is 34.9 Å². The van der Waals surface area contributed by atoms with Crippen LogP contribution in [-0.4, -0.2) is 28.3 Å². The summed E-state index contributed by atoms with van der Waals surface area (Å²) in [6, 6.07) is 0.645. The molecule has 0 radical (unpaired) electrons. The number of hydrogen-bond acceptors (Lipinski definition) is 3. The van der Waals surface area contributed by atoms with E-state index in [-0.39, 0.29) is 0 Å². The van der Waals surface area contributed by atoms with Gasteiger partial charge in [-0.1, -0.05) is 0 Å². The first-order chi connectivity index (χ1) is 7.65. The number of aryl methyl sites for hydroxylation is 1. The Hall–Kier alpha value is -1.03. The maximum absolute atomic E-state index is 5.55. The lowest BCUT2D eigenvalue weighted by molar-refractivity contribution is 0.0730. The van der Waals surface area contributed by atoms with Crippen molar-refractivity contribution in [3.8, 4) is 0 Å². The zero-order chi connectivity index (χ0) is 11.5. The molecule has 0 bridgehead atoms. The van der Waals surface area contributed by atoms with Crippen LogP contribution in [0.2, 0.25) is 0 Å². The highest BCUT2D eigenvalue weighted by atomic mass is 16.5. The summed E-state index contributed by atoms with van der Waals surface area (Å²) in [6.07, 6.45) is 4.92. The van der Waals surface area contributed by atoms with Crippen molar-refractivity contribution in [1.82, 2.24) is 9.55 Å². The Bertz CT molecular complexity index is 342. The van der Waals surface area contributed by atoms with Crippen molar-refractivity contribution in [2.75, 3.05) is 11.9 Å². The first kappa shape index (κ1) is 11.5. The van der Waals surface area contributed by atoms with Crippen molar-refractivity contribution in [2.45, 2.75) is 52.3 Å². The van der Waals surface area contributed by atoms with E-state index in [4.69, 9.17) is 4.74 Å². The summed E-state index contributed by atoms with van der Waals surface area (Å²) in [5.41, 5.74) is 1.06. The highest BCUT2D eigenvalue weighted by Crippen LogP contribution is 2.24. The molecular formula is C12H21N3O. The number of ether oxygens (including phenoxy) is 1. The summed E-state index contributed by atoms with van der Waals surface area (Å²) in [5, 5.41) is 3.44. The van der Waals surface area contributed by atoms with Gasteiger partial charge in [-0.2, -0.15) is 0 Å². The largest absolute Gasteiger partial charge is 0.377 e. The lowest BCUT2D eigenvalue weighted by Crippen LogP contribution is -2.13. The van der Waals surface area contributed by atoms with Crippen molar-refractivity contribution in [2.24, 2.45) is 0 Å². The number of nitrogens with one attached hydrogen (secondary N) is 1. The molecule has 0 saturated heterocycles. The third-order valence-corrected chi connectivity index (χ3v) is 2.59. The molecule has 2 rings (SSSR count). The Kier molecular flexibility index (Phi) is 3.49. The number of anilines is 1. The molecule has 1 aromatic heterocycles. The summed E-state index contributed by atoms with van der Waals surface area (Å²) in [7, 11) is 0. The fraction of sp³-hybridized carbons (Fsp3) is 0.750. The number of rotatable bonds is 6. The van der Waals surface area contributed by atoms with Crippen LogP contribution in [0.4, 0.5) is 5.95 Å². The predicted octanol–water partition coefficient (Wildman–Crippen LogP) is 2.19. The summed E-state index contributed by atoms with van der Waals surface area (Å²) < 4.78 is 7.70. The number of nitrogens with zero attached hydrogens (tertiary/aromatic N) is 2. The van der Waals surface area contributed by atoms with E-state index in [1.807, 2.05) is 6.92 Å². The van der Waals surface area contributed by atoms with Crippen molar-refractivity contribution >= 4 is 5.95 Å². The maximum Gasteiger partial charge on any atom is 0.203 e. The average molecular weight is 223 g/mol. The second-order valence-electron chi connectivity index (χ2n) is 4.74. The first-order valence-electron chi connectivity index (χ1n) is 6.07. The van der Waals surface area contributed by atoms with Gasteiger partial charge in [0.25, 0.3) is 0 Å². The molecule has 0 amide bonds. The van der Waals surface area contributed by atoms with E-state index in [1.54, 1.807) is 0 Å². The van der Waals surface area contributed by atoms with Crippen LogP contribution in [0, 0.1) is 6.92 Å². The molecular weight excluding hydrogens is 202 g/mol. The smallest absolute Gasteiger partial charge is 0.203 e.